The Bertz CT molecular complexity index is 1370. The number of carbonyl (C=O) groups excluding carboxylic acids is 3. The van der Waals surface area contributed by atoms with Crippen LogP contribution in [0.5, 0.6) is 0 Å². The van der Waals surface area contributed by atoms with Gasteiger partial charge in [0.2, 0.25) is 11.8 Å². The molecule has 0 spiro atoms. The number of piperidine rings is 1. The first-order chi connectivity index (χ1) is 23.8. The minimum absolute atomic E-state index is 0.0166. The fourth-order valence-corrected chi connectivity index (χ4v) is 7.03. The highest BCUT2D eigenvalue weighted by Gasteiger charge is 2.34. The Morgan fingerprint density at radius 3 is 2.38 bits per heavy atom. The van der Waals surface area contributed by atoms with Crippen LogP contribution < -0.4 is 16.0 Å². The molecule has 7 atom stereocenters. The van der Waals surface area contributed by atoms with Gasteiger partial charge in [-0.15, -0.1) is 11.3 Å². The molecule has 3 rings (SSSR count). The van der Waals surface area contributed by atoms with Gasteiger partial charge >= 0.3 is 5.97 Å². The lowest BCUT2D eigenvalue weighted by Gasteiger charge is -2.34. The summed E-state index contributed by atoms with van der Waals surface area (Å²) >= 11 is 1.28. The van der Waals surface area contributed by atoms with E-state index in [1.54, 1.807) is 12.3 Å². The number of benzene rings is 1. The Labute approximate surface area is 301 Å². The summed E-state index contributed by atoms with van der Waals surface area (Å²) in [6.07, 6.45) is 4.05. The molecule has 50 heavy (non-hydrogen) atoms. The molecular formula is C37H57N5O7S. The molecule has 13 heteroatoms. The first-order valence-corrected chi connectivity index (χ1v) is 18.7. The number of aromatic nitrogens is 1. The van der Waals surface area contributed by atoms with Crippen molar-refractivity contribution in [2.75, 3.05) is 27.5 Å². The van der Waals surface area contributed by atoms with Gasteiger partial charge in [0.05, 0.1) is 12.0 Å². The molecule has 2 aromatic rings. The number of likely N-dealkylation sites (tertiary alicyclic amines) is 1. The number of nitrogens with one attached hydrogen (secondary N) is 3. The highest BCUT2D eigenvalue weighted by molar-refractivity contribution is 7.09. The van der Waals surface area contributed by atoms with Gasteiger partial charge in [-0.25, -0.2) is 4.98 Å². The van der Waals surface area contributed by atoms with Crippen molar-refractivity contribution in [1.82, 2.24) is 25.8 Å². The molecule has 0 aliphatic carbocycles. The summed E-state index contributed by atoms with van der Waals surface area (Å²) in [4.78, 5) is 58.9. The van der Waals surface area contributed by atoms with E-state index in [0.717, 1.165) is 37.8 Å². The average molecular weight is 716 g/mol. The molecule has 0 radical (unpaired) electrons. The van der Waals surface area contributed by atoms with Crippen molar-refractivity contribution < 1.29 is 33.8 Å². The van der Waals surface area contributed by atoms with Crippen molar-refractivity contribution >= 4 is 35.0 Å². The molecule has 1 aromatic heterocycles. The van der Waals surface area contributed by atoms with Crippen LogP contribution in [0, 0.1) is 17.8 Å². The normalized spacial score (nSPS) is 18.8. The van der Waals surface area contributed by atoms with Crippen LogP contribution in [0.1, 0.15) is 100 Å². The molecule has 1 aliphatic rings. The summed E-state index contributed by atoms with van der Waals surface area (Å²) in [5.74, 6) is -2.39. The lowest BCUT2D eigenvalue weighted by molar-refractivity contribution is -0.141. The molecule has 1 fully saturated rings. The van der Waals surface area contributed by atoms with Crippen molar-refractivity contribution in [3.05, 3.63) is 52.0 Å². The van der Waals surface area contributed by atoms with Gasteiger partial charge in [0.1, 0.15) is 29.6 Å². The monoisotopic (exact) mass is 715 g/mol. The van der Waals surface area contributed by atoms with Crippen molar-refractivity contribution in [2.24, 2.45) is 17.8 Å². The topological polar surface area (TPSA) is 159 Å². The van der Waals surface area contributed by atoms with E-state index in [1.165, 1.54) is 18.4 Å². The first kappa shape index (κ1) is 41.0. The van der Waals surface area contributed by atoms with E-state index in [9.17, 15) is 24.3 Å². The quantitative estimate of drug-likeness (QED) is 0.141. The zero-order valence-electron chi connectivity index (χ0n) is 30.6. The van der Waals surface area contributed by atoms with Gasteiger partial charge in [0.15, 0.2) is 0 Å². The number of thiazole rings is 1. The number of carboxylic acid groups (broad SMARTS) is 1. The number of carbonyl (C=O) groups is 4. The van der Waals surface area contributed by atoms with Gasteiger partial charge in [-0.2, -0.15) is 0 Å². The summed E-state index contributed by atoms with van der Waals surface area (Å²) in [5.41, 5.74) is 1.19. The standard InChI is InChI=1S/C37H57N5O7S/c1-8-24(4)32(41-34(44)30-16-12-13-17-42(30)6)35(45)39-28(23(2)3)20-31(49-22-48-7)36-40-29(21-50-36)33(43)38-27(18-25(5)37(46)47)19-26-14-10-9-11-15-26/h9-11,14-15,21,23-25,27-28,30-32H,8,12-13,16-20,22H2,1-7H3,(H,38,43)(H,39,45)(H,41,44)(H,46,47)/t24-,25-,27+,28+,30+,31+,32-/m0/s1. The second-order valence-corrected chi connectivity index (χ2v) is 14.8. The molecule has 1 aromatic carbocycles. The minimum Gasteiger partial charge on any atom is -0.481 e. The average Bonchev–Trinajstić information content (AvgIpc) is 3.59. The minimum atomic E-state index is -0.923. The molecule has 0 unspecified atom stereocenters. The van der Waals surface area contributed by atoms with Gasteiger partial charge in [-0.05, 0) is 56.7 Å². The summed E-state index contributed by atoms with van der Waals surface area (Å²) in [6, 6.07) is 7.93. The van der Waals surface area contributed by atoms with E-state index in [0.29, 0.717) is 17.8 Å². The number of rotatable bonds is 20. The third-order valence-corrected chi connectivity index (χ3v) is 10.5. The van der Waals surface area contributed by atoms with Gasteiger partial charge in [-0.3, -0.25) is 24.1 Å². The molecule has 4 N–H and O–H groups in total. The number of carboxylic acids is 1. The summed E-state index contributed by atoms with van der Waals surface area (Å²) in [5, 5.41) is 21.0. The number of methoxy groups -OCH3 is 1. The molecular weight excluding hydrogens is 659 g/mol. The Morgan fingerprint density at radius 2 is 1.76 bits per heavy atom. The predicted molar refractivity (Wildman–Crippen MR) is 194 cm³/mol. The second kappa shape index (κ2) is 20.5. The van der Waals surface area contributed by atoms with Crippen LogP contribution in [0.4, 0.5) is 0 Å². The number of ether oxygens (including phenoxy) is 2. The van der Waals surface area contributed by atoms with Crippen molar-refractivity contribution in [3.63, 3.8) is 0 Å². The van der Waals surface area contributed by atoms with E-state index in [2.05, 4.69) is 25.8 Å². The fraction of sp³-hybridized carbons (Fsp3) is 0.649. The number of amides is 3. The lowest BCUT2D eigenvalue weighted by Crippen LogP contribution is -2.57. The molecule has 1 saturated heterocycles. The van der Waals surface area contributed by atoms with E-state index in [-0.39, 0.29) is 54.6 Å². The predicted octanol–water partition coefficient (Wildman–Crippen LogP) is 4.80. The van der Waals surface area contributed by atoms with E-state index >= 15 is 0 Å². The Balaban J connectivity index is 1.75. The maximum atomic E-state index is 13.8. The largest absolute Gasteiger partial charge is 0.481 e. The van der Waals surface area contributed by atoms with Crippen LogP contribution in [0.15, 0.2) is 35.7 Å². The van der Waals surface area contributed by atoms with Gasteiger partial charge < -0.3 is 30.5 Å². The summed E-state index contributed by atoms with van der Waals surface area (Å²) in [6.45, 7) is 10.5. The number of nitrogens with zero attached hydrogens (tertiary/aromatic N) is 2. The lowest BCUT2D eigenvalue weighted by atomic mass is 9.94. The van der Waals surface area contributed by atoms with Crippen molar-refractivity contribution in [3.8, 4) is 0 Å². The molecule has 1 aliphatic heterocycles. The molecule has 0 saturated carbocycles. The van der Waals surface area contributed by atoms with Gasteiger partial charge in [0.25, 0.3) is 5.91 Å². The zero-order valence-corrected chi connectivity index (χ0v) is 31.5. The van der Waals surface area contributed by atoms with E-state index < -0.39 is 36.0 Å². The maximum Gasteiger partial charge on any atom is 0.306 e. The maximum absolute atomic E-state index is 13.8. The number of hydrogen-bond acceptors (Lipinski definition) is 9. The molecule has 2 heterocycles. The van der Waals surface area contributed by atoms with E-state index in [1.807, 2.05) is 65.1 Å². The smallest absolute Gasteiger partial charge is 0.306 e. The van der Waals surface area contributed by atoms with Crippen LogP contribution in [-0.4, -0.2) is 90.3 Å². The third-order valence-electron chi connectivity index (χ3n) is 9.60. The molecule has 3 amide bonds. The molecule has 12 nitrogen and oxygen atoms in total. The van der Waals surface area contributed by atoms with Crippen LogP contribution in [-0.2, 0) is 30.3 Å². The van der Waals surface area contributed by atoms with Crippen LogP contribution >= 0.6 is 11.3 Å². The second-order valence-electron chi connectivity index (χ2n) is 13.9. The highest BCUT2D eigenvalue weighted by atomic mass is 32.1. The molecule has 0 bridgehead atoms. The Kier molecular flexibility index (Phi) is 16.8. The SMILES string of the molecule is CC[C@H](C)[C@H](NC(=O)[C@H]1CCCCN1C)C(=O)N[C@H](C[C@@H](OCOC)c1nc(C(=O)N[C@@H](Cc2ccccc2)C[C@H](C)C(=O)O)cs1)C(C)C. The first-order valence-electron chi connectivity index (χ1n) is 17.8. The van der Waals surface area contributed by atoms with Crippen LogP contribution in [0.25, 0.3) is 0 Å². The van der Waals surface area contributed by atoms with Crippen LogP contribution in [0.2, 0.25) is 0 Å². The van der Waals surface area contributed by atoms with Gasteiger partial charge in [0, 0.05) is 31.0 Å². The fourth-order valence-electron chi connectivity index (χ4n) is 6.17. The van der Waals surface area contributed by atoms with Gasteiger partial charge in [-0.1, -0.05) is 77.8 Å². The number of aliphatic carboxylic acids is 1. The van der Waals surface area contributed by atoms with Crippen LogP contribution in [0.3, 0.4) is 0 Å². The number of hydrogen-bond donors (Lipinski definition) is 4. The summed E-state index contributed by atoms with van der Waals surface area (Å²) < 4.78 is 11.3. The Hall–Kier alpha value is -3.39. The highest BCUT2D eigenvalue weighted by Crippen LogP contribution is 2.29. The third kappa shape index (κ3) is 12.4. The molecule has 278 valence electrons. The van der Waals surface area contributed by atoms with Crippen molar-refractivity contribution in [2.45, 2.75) is 110 Å². The van der Waals surface area contributed by atoms with E-state index in [4.69, 9.17) is 9.47 Å². The van der Waals surface area contributed by atoms with Crippen molar-refractivity contribution in [1.29, 1.82) is 0 Å². The number of likely N-dealkylation sites (N-methyl/N-ethyl adjacent to an activating group) is 1. The zero-order chi connectivity index (χ0) is 36.8. The summed E-state index contributed by atoms with van der Waals surface area (Å²) in [7, 11) is 3.47. The Morgan fingerprint density at radius 1 is 1.04 bits per heavy atom.